The van der Waals surface area contributed by atoms with Gasteiger partial charge in [-0.15, -0.1) is 0 Å². The molecule has 3 aromatic rings. The average Bonchev–Trinajstić information content (AvgIpc) is 2.79. The van der Waals surface area contributed by atoms with E-state index in [4.69, 9.17) is 4.74 Å². The summed E-state index contributed by atoms with van der Waals surface area (Å²) in [5.41, 5.74) is 3.46. The summed E-state index contributed by atoms with van der Waals surface area (Å²) in [6, 6.07) is 22.5. The van der Waals surface area contributed by atoms with Crippen LogP contribution in [-0.4, -0.2) is 20.9 Å². The smallest absolute Gasteiger partial charge is 0.240 e. The third-order valence-corrected chi connectivity index (χ3v) is 6.61. The minimum Gasteiger partial charge on any atom is -0.489 e. The molecule has 0 saturated carbocycles. The molecule has 168 valence electrons. The number of amides is 1. The molecule has 2 N–H and O–H groups in total. The topological polar surface area (TPSA) is 84.5 Å². The van der Waals surface area contributed by atoms with Gasteiger partial charge in [-0.05, 0) is 54.3 Å². The van der Waals surface area contributed by atoms with Crippen molar-refractivity contribution in [3.8, 4) is 5.75 Å². The number of para-hydroxylation sites is 1. The van der Waals surface area contributed by atoms with Crippen LogP contribution >= 0.6 is 0 Å². The lowest BCUT2D eigenvalue weighted by atomic mass is 10.1. The van der Waals surface area contributed by atoms with Crippen molar-refractivity contribution in [3.63, 3.8) is 0 Å². The molecular weight excluding hydrogens is 424 g/mol. The Bertz CT molecular complexity index is 1160. The van der Waals surface area contributed by atoms with Crippen LogP contribution in [0.15, 0.2) is 77.7 Å². The van der Waals surface area contributed by atoms with Gasteiger partial charge in [-0.25, -0.2) is 13.1 Å². The molecule has 32 heavy (non-hydrogen) atoms. The van der Waals surface area contributed by atoms with Gasteiger partial charge >= 0.3 is 0 Å². The number of nitrogens with one attached hydrogen (secondary N) is 2. The minimum atomic E-state index is -3.66. The molecule has 3 aromatic carbocycles. The van der Waals surface area contributed by atoms with Gasteiger partial charge in [0.25, 0.3) is 0 Å². The fraction of sp³-hybridized carbons (Fsp3) is 0.240. The van der Waals surface area contributed by atoms with Gasteiger partial charge in [-0.2, -0.15) is 0 Å². The van der Waals surface area contributed by atoms with E-state index in [9.17, 15) is 13.2 Å². The van der Waals surface area contributed by atoms with Gasteiger partial charge in [-0.3, -0.25) is 4.79 Å². The lowest BCUT2D eigenvalue weighted by molar-refractivity contribution is -0.121. The first-order valence-corrected chi connectivity index (χ1v) is 11.9. The Morgan fingerprint density at radius 3 is 2.34 bits per heavy atom. The molecular formula is C25H28N2O4S. The molecule has 6 nitrogen and oxygen atoms in total. The number of hydrogen-bond acceptors (Lipinski definition) is 4. The zero-order valence-corrected chi connectivity index (χ0v) is 19.1. The molecule has 0 unspecified atom stereocenters. The van der Waals surface area contributed by atoms with E-state index >= 15 is 0 Å². The number of hydrogen-bond donors (Lipinski definition) is 2. The highest BCUT2D eigenvalue weighted by Crippen LogP contribution is 2.17. The van der Waals surface area contributed by atoms with Crippen LogP contribution in [0.3, 0.4) is 0 Å². The summed E-state index contributed by atoms with van der Waals surface area (Å²) >= 11 is 0. The second kappa shape index (κ2) is 10.9. The maximum absolute atomic E-state index is 12.5. The maximum atomic E-state index is 12.5. The number of benzene rings is 3. The Balaban J connectivity index is 1.49. The van der Waals surface area contributed by atoms with Gasteiger partial charge in [0.2, 0.25) is 15.9 Å². The molecule has 3 rings (SSSR count). The Morgan fingerprint density at radius 1 is 0.906 bits per heavy atom. The van der Waals surface area contributed by atoms with Crippen LogP contribution in [0, 0.1) is 13.8 Å². The number of carbonyl (C=O) groups excluding carboxylic acids is 1. The van der Waals surface area contributed by atoms with Gasteiger partial charge in [0.05, 0.1) is 4.90 Å². The van der Waals surface area contributed by atoms with Crippen molar-refractivity contribution < 1.29 is 17.9 Å². The molecule has 0 spiro atoms. The number of carbonyl (C=O) groups is 1. The van der Waals surface area contributed by atoms with Crippen molar-refractivity contribution in [2.75, 3.05) is 6.54 Å². The predicted molar refractivity (Wildman–Crippen MR) is 125 cm³/mol. The van der Waals surface area contributed by atoms with Crippen LogP contribution in [0.25, 0.3) is 0 Å². The molecule has 0 bridgehead atoms. The summed E-state index contributed by atoms with van der Waals surface area (Å²) in [4.78, 5) is 12.5. The molecule has 0 aromatic heterocycles. The van der Waals surface area contributed by atoms with E-state index in [1.807, 2.05) is 67.6 Å². The van der Waals surface area contributed by atoms with E-state index in [2.05, 4.69) is 10.0 Å². The van der Waals surface area contributed by atoms with Crippen molar-refractivity contribution >= 4 is 15.9 Å². The summed E-state index contributed by atoms with van der Waals surface area (Å²) in [7, 11) is -3.66. The summed E-state index contributed by atoms with van der Waals surface area (Å²) in [5.74, 6) is 0.551. The van der Waals surface area contributed by atoms with Gasteiger partial charge < -0.3 is 10.1 Å². The van der Waals surface area contributed by atoms with Crippen molar-refractivity contribution in [1.82, 2.24) is 10.0 Å². The largest absolute Gasteiger partial charge is 0.489 e. The lowest BCUT2D eigenvalue weighted by Crippen LogP contribution is -2.31. The zero-order valence-electron chi connectivity index (χ0n) is 18.3. The SMILES string of the molecule is Cc1ccc(C)c(S(=O)(=O)NCCC(=O)NCc2ccccc2COc2ccccc2)c1. The highest BCUT2D eigenvalue weighted by molar-refractivity contribution is 7.89. The Morgan fingerprint density at radius 2 is 1.59 bits per heavy atom. The van der Waals surface area contributed by atoms with E-state index in [0.717, 1.165) is 22.4 Å². The highest BCUT2D eigenvalue weighted by atomic mass is 32.2. The molecule has 7 heteroatoms. The fourth-order valence-electron chi connectivity index (χ4n) is 3.20. The standard InChI is InChI=1S/C25H28N2O4S/c1-19-12-13-20(2)24(16-19)32(29,30)27-15-14-25(28)26-17-21-8-6-7-9-22(21)18-31-23-10-4-3-5-11-23/h3-13,16,27H,14-15,17-18H2,1-2H3,(H,26,28). The van der Waals surface area contributed by atoms with Crippen molar-refractivity contribution in [1.29, 1.82) is 0 Å². The van der Waals surface area contributed by atoms with Gasteiger partial charge in [0.15, 0.2) is 0 Å². The van der Waals surface area contributed by atoms with Crippen LogP contribution < -0.4 is 14.8 Å². The quantitative estimate of drug-likeness (QED) is 0.489. The lowest BCUT2D eigenvalue weighted by Gasteiger charge is -2.13. The van der Waals surface area contributed by atoms with Crippen LogP contribution in [-0.2, 0) is 28.0 Å². The Labute approximate surface area is 189 Å². The second-order valence-corrected chi connectivity index (χ2v) is 9.30. The summed E-state index contributed by atoms with van der Waals surface area (Å²) in [6.45, 7) is 4.36. The van der Waals surface area contributed by atoms with E-state index in [1.54, 1.807) is 19.1 Å². The molecule has 0 atom stereocenters. The highest BCUT2D eigenvalue weighted by Gasteiger charge is 2.17. The average molecular weight is 453 g/mol. The molecule has 0 fully saturated rings. The molecule has 0 radical (unpaired) electrons. The number of rotatable bonds is 10. The van der Waals surface area contributed by atoms with E-state index in [0.29, 0.717) is 18.7 Å². The molecule has 0 heterocycles. The zero-order chi connectivity index (χ0) is 23.0. The van der Waals surface area contributed by atoms with E-state index in [-0.39, 0.29) is 23.8 Å². The number of aryl methyl sites for hydroxylation is 2. The monoisotopic (exact) mass is 452 g/mol. The molecule has 0 aliphatic rings. The first-order valence-electron chi connectivity index (χ1n) is 10.4. The molecule has 0 saturated heterocycles. The maximum Gasteiger partial charge on any atom is 0.240 e. The van der Waals surface area contributed by atoms with Crippen molar-refractivity contribution in [2.45, 2.75) is 38.3 Å². The van der Waals surface area contributed by atoms with Gasteiger partial charge in [0.1, 0.15) is 12.4 Å². The van der Waals surface area contributed by atoms with Crippen molar-refractivity contribution in [3.05, 3.63) is 95.1 Å². The van der Waals surface area contributed by atoms with Gasteiger partial charge in [0, 0.05) is 19.5 Å². The third kappa shape index (κ3) is 6.67. The Kier molecular flexibility index (Phi) is 8.03. The van der Waals surface area contributed by atoms with Crippen LogP contribution in [0.1, 0.15) is 28.7 Å². The molecule has 0 aliphatic carbocycles. The summed E-state index contributed by atoms with van der Waals surface area (Å²) in [5, 5.41) is 2.85. The molecule has 1 amide bonds. The Hall–Kier alpha value is -3.16. The van der Waals surface area contributed by atoms with Crippen LogP contribution in [0.2, 0.25) is 0 Å². The first-order chi connectivity index (χ1) is 15.3. The third-order valence-electron chi connectivity index (χ3n) is 5.01. The normalized spacial score (nSPS) is 11.2. The van der Waals surface area contributed by atoms with Crippen LogP contribution in [0.5, 0.6) is 5.75 Å². The summed E-state index contributed by atoms with van der Waals surface area (Å²) in [6.07, 6.45) is 0.0484. The molecule has 0 aliphatic heterocycles. The number of ether oxygens (including phenoxy) is 1. The van der Waals surface area contributed by atoms with E-state index < -0.39 is 10.0 Å². The predicted octanol–water partition coefficient (Wildman–Crippen LogP) is 3.87. The van der Waals surface area contributed by atoms with Crippen LogP contribution in [0.4, 0.5) is 0 Å². The van der Waals surface area contributed by atoms with E-state index in [1.165, 1.54) is 0 Å². The van der Waals surface area contributed by atoms with Gasteiger partial charge in [-0.1, -0.05) is 54.6 Å². The second-order valence-electron chi connectivity index (χ2n) is 7.56. The number of sulfonamides is 1. The first kappa shape index (κ1) is 23.5. The summed E-state index contributed by atoms with van der Waals surface area (Å²) < 4.78 is 33.4. The fourth-order valence-corrected chi connectivity index (χ4v) is 4.56. The minimum absolute atomic E-state index is 0.0281. The van der Waals surface area contributed by atoms with Crippen molar-refractivity contribution in [2.24, 2.45) is 0 Å².